The van der Waals surface area contributed by atoms with E-state index in [1.165, 1.54) is 29.6 Å². The first-order valence-corrected chi connectivity index (χ1v) is 11.3. The van der Waals surface area contributed by atoms with Crippen molar-refractivity contribution in [3.63, 3.8) is 0 Å². The molecule has 2 aromatic carbocycles. The van der Waals surface area contributed by atoms with Gasteiger partial charge in [0.15, 0.2) is 0 Å². The fraction of sp³-hybridized carbons (Fsp3) is 0.182. The summed E-state index contributed by atoms with van der Waals surface area (Å²) in [4.78, 5) is 16.7. The molecule has 0 radical (unpaired) electrons. The van der Waals surface area contributed by atoms with Crippen LogP contribution in [-0.2, 0) is 10.0 Å². The highest BCUT2D eigenvalue weighted by atomic mass is 35.5. The third-order valence-electron chi connectivity index (χ3n) is 4.58. The van der Waals surface area contributed by atoms with Crippen molar-refractivity contribution in [2.24, 2.45) is 0 Å². The summed E-state index contributed by atoms with van der Waals surface area (Å²) in [5.41, 5.74) is 0.577. The Morgan fingerprint density at radius 3 is 2.26 bits per heavy atom. The van der Waals surface area contributed by atoms with Gasteiger partial charge in [0.25, 0.3) is 5.91 Å². The van der Waals surface area contributed by atoms with Crippen molar-refractivity contribution >= 4 is 33.2 Å². The number of hydrogen-bond acceptors (Lipinski definition) is 5. The SMILES string of the molecule is CC(C)N(C)S(=O)(=O)c1ccc(Cl)c(C(=O)Nc2ccc(Oc3ccncc3)cc2)c1. The van der Waals surface area contributed by atoms with E-state index in [4.69, 9.17) is 16.3 Å². The van der Waals surface area contributed by atoms with E-state index in [0.29, 0.717) is 17.2 Å². The van der Waals surface area contributed by atoms with Crippen molar-refractivity contribution in [3.8, 4) is 11.5 Å². The molecule has 3 rings (SSSR count). The Morgan fingerprint density at radius 1 is 1.03 bits per heavy atom. The summed E-state index contributed by atoms with van der Waals surface area (Å²) in [6.07, 6.45) is 3.25. The number of carbonyl (C=O) groups is 1. The van der Waals surface area contributed by atoms with Crippen LogP contribution in [0, 0.1) is 0 Å². The van der Waals surface area contributed by atoms with E-state index in [0.717, 1.165) is 0 Å². The van der Waals surface area contributed by atoms with Crippen LogP contribution in [0.25, 0.3) is 0 Å². The van der Waals surface area contributed by atoms with Crippen LogP contribution in [0.1, 0.15) is 24.2 Å². The standard InChI is InChI=1S/C22H22ClN3O4S/c1-15(2)26(3)31(28,29)19-8-9-21(23)20(14-19)22(27)25-16-4-6-17(7-5-16)30-18-10-12-24-13-11-18/h4-15H,1-3H3,(H,25,27). The third-order valence-corrected chi connectivity index (χ3v) is 6.94. The van der Waals surface area contributed by atoms with E-state index in [1.54, 1.807) is 62.6 Å². The monoisotopic (exact) mass is 459 g/mol. The summed E-state index contributed by atoms with van der Waals surface area (Å²) in [5.74, 6) is 0.715. The summed E-state index contributed by atoms with van der Waals surface area (Å²) in [5, 5.41) is 2.88. The van der Waals surface area contributed by atoms with E-state index < -0.39 is 15.9 Å². The molecule has 9 heteroatoms. The molecule has 1 amide bonds. The van der Waals surface area contributed by atoms with Crippen LogP contribution in [0.2, 0.25) is 5.02 Å². The first kappa shape index (κ1) is 22.7. The molecule has 0 saturated heterocycles. The number of benzene rings is 2. The molecule has 3 aromatic rings. The maximum absolute atomic E-state index is 12.8. The van der Waals surface area contributed by atoms with Gasteiger partial charge in [-0.2, -0.15) is 4.31 Å². The highest BCUT2D eigenvalue weighted by Crippen LogP contribution is 2.26. The van der Waals surface area contributed by atoms with Gasteiger partial charge in [-0.3, -0.25) is 9.78 Å². The van der Waals surface area contributed by atoms with Gasteiger partial charge in [0.2, 0.25) is 10.0 Å². The molecular weight excluding hydrogens is 438 g/mol. The molecule has 0 saturated carbocycles. The highest BCUT2D eigenvalue weighted by molar-refractivity contribution is 7.89. The lowest BCUT2D eigenvalue weighted by Crippen LogP contribution is -2.33. The molecule has 0 spiro atoms. The molecule has 31 heavy (non-hydrogen) atoms. The highest BCUT2D eigenvalue weighted by Gasteiger charge is 2.25. The number of halogens is 1. The lowest BCUT2D eigenvalue weighted by atomic mass is 10.2. The zero-order valence-electron chi connectivity index (χ0n) is 17.2. The van der Waals surface area contributed by atoms with Crippen LogP contribution in [-0.4, -0.2) is 36.7 Å². The van der Waals surface area contributed by atoms with Crippen LogP contribution in [0.4, 0.5) is 5.69 Å². The fourth-order valence-corrected chi connectivity index (χ4v) is 4.23. The van der Waals surface area contributed by atoms with Gasteiger partial charge in [0.1, 0.15) is 11.5 Å². The van der Waals surface area contributed by atoms with Gasteiger partial charge in [0.05, 0.1) is 15.5 Å². The number of amides is 1. The van der Waals surface area contributed by atoms with E-state index in [9.17, 15) is 13.2 Å². The van der Waals surface area contributed by atoms with Crippen LogP contribution in [0.3, 0.4) is 0 Å². The van der Waals surface area contributed by atoms with Crippen molar-refractivity contribution in [2.45, 2.75) is 24.8 Å². The molecule has 1 aromatic heterocycles. The normalized spacial score (nSPS) is 11.5. The molecule has 0 aliphatic rings. The predicted molar refractivity (Wildman–Crippen MR) is 120 cm³/mol. The molecule has 0 atom stereocenters. The van der Waals surface area contributed by atoms with E-state index in [1.807, 2.05) is 0 Å². The summed E-state index contributed by atoms with van der Waals surface area (Å²) in [7, 11) is -2.26. The average molecular weight is 460 g/mol. The van der Waals surface area contributed by atoms with Gasteiger partial charge in [0, 0.05) is 31.2 Å². The summed E-state index contributed by atoms with van der Waals surface area (Å²) in [6.45, 7) is 3.53. The van der Waals surface area contributed by atoms with E-state index >= 15 is 0 Å². The van der Waals surface area contributed by atoms with Crippen molar-refractivity contribution in [1.82, 2.24) is 9.29 Å². The summed E-state index contributed by atoms with van der Waals surface area (Å²) in [6, 6.07) is 14.1. The Bertz CT molecular complexity index is 1170. The molecule has 0 aliphatic carbocycles. The minimum atomic E-state index is -3.75. The van der Waals surface area contributed by atoms with Crippen LogP contribution in [0.5, 0.6) is 11.5 Å². The minimum absolute atomic E-state index is 0.000603. The molecular formula is C22H22ClN3O4S. The quantitative estimate of drug-likeness (QED) is 0.547. The number of hydrogen-bond donors (Lipinski definition) is 1. The second-order valence-electron chi connectivity index (χ2n) is 7.02. The molecule has 7 nitrogen and oxygen atoms in total. The Morgan fingerprint density at radius 2 is 1.65 bits per heavy atom. The minimum Gasteiger partial charge on any atom is -0.457 e. The number of nitrogens with one attached hydrogen (secondary N) is 1. The number of anilines is 1. The number of sulfonamides is 1. The summed E-state index contributed by atoms with van der Waals surface area (Å²) < 4.78 is 32.4. The maximum atomic E-state index is 12.8. The third kappa shape index (κ3) is 5.41. The lowest BCUT2D eigenvalue weighted by Gasteiger charge is -2.21. The molecule has 0 bridgehead atoms. The molecule has 0 fully saturated rings. The van der Waals surface area contributed by atoms with Crippen molar-refractivity contribution in [1.29, 1.82) is 0 Å². The molecule has 1 heterocycles. The number of rotatable bonds is 7. The molecule has 162 valence electrons. The number of ether oxygens (including phenoxy) is 1. The average Bonchev–Trinajstić information content (AvgIpc) is 2.75. The second-order valence-corrected chi connectivity index (χ2v) is 9.42. The Kier molecular flexibility index (Phi) is 6.94. The van der Waals surface area contributed by atoms with E-state index in [-0.39, 0.29) is 21.5 Å². The first-order chi connectivity index (χ1) is 14.7. The van der Waals surface area contributed by atoms with Gasteiger partial charge in [-0.05, 0) is 68.4 Å². The van der Waals surface area contributed by atoms with Gasteiger partial charge >= 0.3 is 0 Å². The topological polar surface area (TPSA) is 88.6 Å². The van der Waals surface area contributed by atoms with Gasteiger partial charge in [-0.25, -0.2) is 8.42 Å². The predicted octanol–water partition coefficient (Wildman–Crippen LogP) is 4.81. The van der Waals surface area contributed by atoms with Crippen LogP contribution >= 0.6 is 11.6 Å². The smallest absolute Gasteiger partial charge is 0.257 e. The zero-order valence-corrected chi connectivity index (χ0v) is 18.8. The number of nitrogens with zero attached hydrogens (tertiary/aromatic N) is 2. The summed E-state index contributed by atoms with van der Waals surface area (Å²) >= 11 is 6.17. The Hall–Kier alpha value is -2.94. The lowest BCUT2D eigenvalue weighted by molar-refractivity contribution is 0.102. The van der Waals surface area contributed by atoms with Crippen LogP contribution < -0.4 is 10.1 Å². The van der Waals surface area contributed by atoms with Gasteiger partial charge < -0.3 is 10.1 Å². The van der Waals surface area contributed by atoms with Crippen molar-refractivity contribution in [3.05, 3.63) is 77.6 Å². The molecule has 1 N–H and O–H groups in total. The van der Waals surface area contributed by atoms with Crippen molar-refractivity contribution < 1.29 is 17.9 Å². The first-order valence-electron chi connectivity index (χ1n) is 9.45. The van der Waals surface area contributed by atoms with Crippen molar-refractivity contribution in [2.75, 3.05) is 12.4 Å². The largest absolute Gasteiger partial charge is 0.457 e. The maximum Gasteiger partial charge on any atom is 0.257 e. The molecule has 0 unspecified atom stereocenters. The number of carbonyl (C=O) groups excluding carboxylic acids is 1. The van der Waals surface area contributed by atoms with Gasteiger partial charge in [-0.15, -0.1) is 0 Å². The van der Waals surface area contributed by atoms with E-state index in [2.05, 4.69) is 10.3 Å². The van der Waals surface area contributed by atoms with Gasteiger partial charge in [-0.1, -0.05) is 11.6 Å². The number of pyridine rings is 1. The van der Waals surface area contributed by atoms with Crippen LogP contribution in [0.15, 0.2) is 71.9 Å². The second kappa shape index (κ2) is 9.47. The fourth-order valence-electron chi connectivity index (χ4n) is 2.63. The number of aromatic nitrogens is 1. The zero-order chi connectivity index (χ0) is 22.6. The Labute approximate surface area is 186 Å². The Balaban J connectivity index is 1.77. The molecule has 0 aliphatic heterocycles.